The molecule has 1 saturated carbocycles. The van der Waals surface area contributed by atoms with E-state index >= 15 is 0 Å². The van der Waals surface area contributed by atoms with Crippen molar-refractivity contribution in [1.29, 1.82) is 0 Å². The first-order valence-electron chi connectivity index (χ1n) is 6.86. The Morgan fingerprint density at radius 2 is 2.00 bits per heavy atom. The van der Waals surface area contributed by atoms with E-state index in [1.165, 1.54) is 31.4 Å². The zero-order chi connectivity index (χ0) is 12.3. The van der Waals surface area contributed by atoms with Crippen molar-refractivity contribution in [3.63, 3.8) is 0 Å². The van der Waals surface area contributed by atoms with Gasteiger partial charge in [0.15, 0.2) is 0 Å². The van der Waals surface area contributed by atoms with Crippen LogP contribution in [0.2, 0.25) is 0 Å². The normalized spacial score (nSPS) is 24.9. The molecule has 1 aromatic rings. The van der Waals surface area contributed by atoms with E-state index in [0.29, 0.717) is 6.04 Å². The van der Waals surface area contributed by atoms with E-state index in [-0.39, 0.29) is 0 Å². The molecule has 1 N–H and O–H groups in total. The number of hydrogen-bond donors (Lipinski definition) is 1. The molecule has 94 valence electrons. The van der Waals surface area contributed by atoms with Crippen LogP contribution in [-0.4, -0.2) is 11.0 Å². The number of hydrogen-bond acceptors (Lipinski definition) is 2. The van der Waals surface area contributed by atoms with Gasteiger partial charge in [-0.3, -0.25) is 4.98 Å². The summed E-state index contributed by atoms with van der Waals surface area (Å²) in [5, 5.41) is 3.68. The van der Waals surface area contributed by atoms with Crippen molar-refractivity contribution >= 4 is 5.69 Å². The summed E-state index contributed by atoms with van der Waals surface area (Å²) in [6, 6.07) is 4.86. The number of nitrogens with zero attached hydrogens (tertiary/aromatic N) is 1. The predicted molar refractivity (Wildman–Crippen MR) is 73.2 cm³/mol. The second-order valence-corrected chi connectivity index (χ2v) is 5.63. The summed E-state index contributed by atoms with van der Waals surface area (Å²) in [5.74, 6) is 1.58. The molecule has 1 heterocycles. The van der Waals surface area contributed by atoms with Gasteiger partial charge in [-0.1, -0.05) is 26.7 Å². The van der Waals surface area contributed by atoms with Crippen LogP contribution in [0.15, 0.2) is 18.3 Å². The molecule has 2 rings (SSSR count). The fraction of sp³-hybridized carbons (Fsp3) is 0.667. The molecule has 0 saturated heterocycles. The Morgan fingerprint density at radius 1 is 1.24 bits per heavy atom. The summed E-state index contributed by atoms with van der Waals surface area (Å²) in [6.07, 6.45) is 7.39. The largest absolute Gasteiger partial charge is 0.381 e. The molecule has 0 spiro atoms. The average molecular weight is 232 g/mol. The first-order chi connectivity index (χ1) is 8.16. The highest BCUT2D eigenvalue weighted by Gasteiger charge is 2.27. The van der Waals surface area contributed by atoms with E-state index in [1.54, 1.807) is 0 Å². The number of aryl methyl sites for hydroxylation is 1. The van der Waals surface area contributed by atoms with Crippen molar-refractivity contribution in [2.75, 3.05) is 5.32 Å². The standard InChI is InChI=1S/C15H24N2/c1-11(2)14-6-4-5-7-15(14)17-13-9-8-12(3)16-10-13/h8-11,14-15,17H,4-7H2,1-3H3. The number of rotatable bonds is 3. The van der Waals surface area contributed by atoms with Crippen molar-refractivity contribution in [3.8, 4) is 0 Å². The summed E-state index contributed by atoms with van der Waals surface area (Å²) < 4.78 is 0. The van der Waals surface area contributed by atoms with Gasteiger partial charge in [-0.25, -0.2) is 0 Å². The molecule has 2 unspecified atom stereocenters. The number of nitrogens with one attached hydrogen (secondary N) is 1. The fourth-order valence-corrected chi connectivity index (χ4v) is 2.90. The van der Waals surface area contributed by atoms with Crippen LogP contribution in [0.4, 0.5) is 5.69 Å². The first-order valence-corrected chi connectivity index (χ1v) is 6.86. The summed E-state index contributed by atoms with van der Waals surface area (Å²) in [4.78, 5) is 4.35. The van der Waals surface area contributed by atoms with Crippen molar-refractivity contribution < 1.29 is 0 Å². The van der Waals surface area contributed by atoms with Crippen LogP contribution >= 0.6 is 0 Å². The maximum atomic E-state index is 4.35. The van der Waals surface area contributed by atoms with Crippen molar-refractivity contribution in [2.24, 2.45) is 11.8 Å². The third kappa shape index (κ3) is 3.21. The zero-order valence-corrected chi connectivity index (χ0v) is 11.2. The maximum Gasteiger partial charge on any atom is 0.0529 e. The van der Waals surface area contributed by atoms with Crippen LogP contribution in [0, 0.1) is 18.8 Å². The molecule has 1 aliphatic rings. The molecule has 0 bridgehead atoms. The van der Waals surface area contributed by atoms with Gasteiger partial charge in [0.2, 0.25) is 0 Å². The molecule has 1 fully saturated rings. The Kier molecular flexibility index (Phi) is 4.03. The summed E-state index contributed by atoms with van der Waals surface area (Å²) in [5.41, 5.74) is 2.26. The van der Waals surface area contributed by atoms with Gasteiger partial charge in [-0.15, -0.1) is 0 Å². The van der Waals surface area contributed by atoms with E-state index in [0.717, 1.165) is 17.5 Å². The van der Waals surface area contributed by atoms with Crippen molar-refractivity contribution in [1.82, 2.24) is 4.98 Å². The molecule has 2 nitrogen and oxygen atoms in total. The second kappa shape index (κ2) is 5.52. The van der Waals surface area contributed by atoms with Gasteiger partial charge in [0.05, 0.1) is 11.9 Å². The lowest BCUT2D eigenvalue weighted by atomic mass is 9.78. The monoisotopic (exact) mass is 232 g/mol. The predicted octanol–water partition coefficient (Wildman–Crippen LogP) is 4.02. The Hall–Kier alpha value is -1.05. The number of aromatic nitrogens is 1. The zero-order valence-electron chi connectivity index (χ0n) is 11.2. The number of pyridine rings is 1. The van der Waals surface area contributed by atoms with Gasteiger partial charge < -0.3 is 5.32 Å². The molecule has 2 atom stereocenters. The van der Waals surface area contributed by atoms with E-state index in [4.69, 9.17) is 0 Å². The summed E-state index contributed by atoms with van der Waals surface area (Å²) in [6.45, 7) is 6.72. The molecular formula is C15H24N2. The van der Waals surface area contributed by atoms with E-state index in [1.807, 2.05) is 13.1 Å². The molecule has 17 heavy (non-hydrogen) atoms. The Morgan fingerprint density at radius 3 is 2.65 bits per heavy atom. The lowest BCUT2D eigenvalue weighted by molar-refractivity contribution is 0.254. The minimum absolute atomic E-state index is 0.633. The van der Waals surface area contributed by atoms with Crippen molar-refractivity contribution in [2.45, 2.75) is 52.5 Å². The second-order valence-electron chi connectivity index (χ2n) is 5.63. The van der Waals surface area contributed by atoms with E-state index in [9.17, 15) is 0 Å². The molecule has 2 heteroatoms. The molecule has 0 amide bonds. The van der Waals surface area contributed by atoms with Gasteiger partial charge in [0, 0.05) is 11.7 Å². The third-order valence-corrected chi connectivity index (χ3v) is 3.94. The first kappa shape index (κ1) is 12.4. The third-order valence-electron chi connectivity index (χ3n) is 3.94. The SMILES string of the molecule is Cc1ccc(NC2CCCCC2C(C)C)cn1. The van der Waals surface area contributed by atoms with Crippen LogP contribution in [0.3, 0.4) is 0 Å². The van der Waals surface area contributed by atoms with Crippen LogP contribution in [0.25, 0.3) is 0 Å². The Bertz CT molecular complexity index is 342. The lowest BCUT2D eigenvalue weighted by Gasteiger charge is -2.35. The highest BCUT2D eigenvalue weighted by atomic mass is 14.9. The molecular weight excluding hydrogens is 208 g/mol. The lowest BCUT2D eigenvalue weighted by Crippen LogP contribution is -2.35. The van der Waals surface area contributed by atoms with Gasteiger partial charge in [0.1, 0.15) is 0 Å². The van der Waals surface area contributed by atoms with Crippen LogP contribution < -0.4 is 5.32 Å². The van der Waals surface area contributed by atoms with E-state index in [2.05, 4.69) is 36.3 Å². The van der Waals surface area contributed by atoms with Gasteiger partial charge in [-0.05, 0) is 43.7 Å². The minimum Gasteiger partial charge on any atom is -0.381 e. The summed E-state index contributed by atoms with van der Waals surface area (Å²) >= 11 is 0. The Balaban J connectivity index is 2.02. The van der Waals surface area contributed by atoms with Crippen molar-refractivity contribution in [3.05, 3.63) is 24.0 Å². The van der Waals surface area contributed by atoms with Crippen LogP contribution in [-0.2, 0) is 0 Å². The average Bonchev–Trinajstić information content (AvgIpc) is 2.32. The molecule has 0 aromatic carbocycles. The molecule has 1 aromatic heterocycles. The molecule has 1 aliphatic carbocycles. The minimum atomic E-state index is 0.633. The molecule has 0 aliphatic heterocycles. The topological polar surface area (TPSA) is 24.9 Å². The maximum absolute atomic E-state index is 4.35. The van der Waals surface area contributed by atoms with Gasteiger partial charge in [-0.2, -0.15) is 0 Å². The summed E-state index contributed by atoms with van der Waals surface area (Å²) in [7, 11) is 0. The number of anilines is 1. The Labute approximate surface area is 105 Å². The van der Waals surface area contributed by atoms with Crippen LogP contribution in [0.1, 0.15) is 45.2 Å². The highest BCUT2D eigenvalue weighted by Crippen LogP contribution is 2.32. The van der Waals surface area contributed by atoms with Crippen LogP contribution in [0.5, 0.6) is 0 Å². The smallest absolute Gasteiger partial charge is 0.0529 e. The fourth-order valence-electron chi connectivity index (χ4n) is 2.90. The highest BCUT2D eigenvalue weighted by molar-refractivity contribution is 5.42. The molecule has 0 radical (unpaired) electrons. The van der Waals surface area contributed by atoms with Gasteiger partial charge in [0.25, 0.3) is 0 Å². The quantitative estimate of drug-likeness (QED) is 0.851. The van der Waals surface area contributed by atoms with Gasteiger partial charge >= 0.3 is 0 Å². The van der Waals surface area contributed by atoms with E-state index < -0.39 is 0 Å².